The van der Waals surface area contributed by atoms with Gasteiger partial charge >= 0.3 is 5.69 Å². The van der Waals surface area contributed by atoms with E-state index in [0.29, 0.717) is 24.5 Å². The number of nitrogens with two attached hydrogens (primary N) is 1. The maximum atomic E-state index is 12.3. The van der Waals surface area contributed by atoms with E-state index in [2.05, 4.69) is 15.3 Å². The van der Waals surface area contributed by atoms with Crippen molar-refractivity contribution in [3.05, 3.63) is 58.1 Å². The van der Waals surface area contributed by atoms with E-state index in [0.717, 1.165) is 36.3 Å². The summed E-state index contributed by atoms with van der Waals surface area (Å²) in [4.78, 5) is 19.6. The van der Waals surface area contributed by atoms with Gasteiger partial charge in [0.15, 0.2) is 0 Å². The maximum absolute atomic E-state index is 12.3. The Hall–Kier alpha value is -2.64. The molecule has 3 rings (SSSR count). The zero-order valence-electron chi connectivity index (χ0n) is 14.3. The van der Waals surface area contributed by atoms with Crippen LogP contribution in [0.4, 0.5) is 5.82 Å². The van der Waals surface area contributed by atoms with Gasteiger partial charge in [0, 0.05) is 32.3 Å². The number of methoxy groups -OCH3 is 1. The van der Waals surface area contributed by atoms with Gasteiger partial charge in [-0.1, -0.05) is 30.3 Å². The molecule has 7 nitrogen and oxygen atoms in total. The van der Waals surface area contributed by atoms with Gasteiger partial charge in [-0.3, -0.25) is 4.57 Å². The smallest absolute Gasteiger partial charge is 0.326 e. The highest BCUT2D eigenvalue weighted by Gasteiger charge is 2.12. The van der Waals surface area contributed by atoms with Crippen LogP contribution in [-0.4, -0.2) is 41.3 Å². The van der Waals surface area contributed by atoms with E-state index in [-0.39, 0.29) is 5.69 Å². The summed E-state index contributed by atoms with van der Waals surface area (Å²) in [5, 5.41) is 3.28. The number of aromatic nitrogens is 3. The van der Waals surface area contributed by atoms with Crippen LogP contribution in [0, 0.1) is 0 Å². The number of pyridine rings is 1. The van der Waals surface area contributed by atoms with Crippen molar-refractivity contribution in [1.29, 1.82) is 0 Å². The molecule has 0 radical (unpaired) electrons. The van der Waals surface area contributed by atoms with Crippen molar-refractivity contribution >= 4 is 16.9 Å². The fourth-order valence-corrected chi connectivity index (χ4v) is 2.80. The lowest BCUT2D eigenvalue weighted by molar-refractivity contribution is 0.199. The number of benzene rings is 1. The number of hydrogen-bond acceptors (Lipinski definition) is 5. The first kappa shape index (κ1) is 17.2. The minimum Gasteiger partial charge on any atom is -0.383 e. The monoisotopic (exact) mass is 341 g/mol. The molecule has 1 aromatic carbocycles. The summed E-state index contributed by atoms with van der Waals surface area (Å²) in [6.07, 6.45) is 0.731. The van der Waals surface area contributed by atoms with Crippen LogP contribution in [0.3, 0.4) is 0 Å². The third-order valence-electron chi connectivity index (χ3n) is 4.07. The molecule has 7 heteroatoms. The lowest BCUT2D eigenvalue weighted by atomic mass is 10.2. The van der Waals surface area contributed by atoms with E-state index in [1.165, 1.54) is 0 Å². The predicted octanol–water partition coefficient (Wildman–Crippen LogP) is 1.13. The first-order valence-electron chi connectivity index (χ1n) is 8.30. The Kier molecular flexibility index (Phi) is 5.47. The standard InChI is InChI=1S/C18H23N5O2/c1-25-10-9-20-8-7-14-11-15-16(17(19)21-14)22-18(24)23(15)12-13-5-3-2-4-6-13/h2-6,11,20H,7-10,12H2,1H3,(H2,19,21)(H,22,24). The molecule has 25 heavy (non-hydrogen) atoms. The van der Waals surface area contributed by atoms with Crippen molar-refractivity contribution in [3.63, 3.8) is 0 Å². The second kappa shape index (κ2) is 7.96. The van der Waals surface area contributed by atoms with Crippen LogP contribution in [0.5, 0.6) is 0 Å². The summed E-state index contributed by atoms with van der Waals surface area (Å²) >= 11 is 0. The molecule has 0 fully saturated rings. The normalized spacial score (nSPS) is 11.2. The molecular weight excluding hydrogens is 318 g/mol. The number of nitrogens with one attached hydrogen (secondary N) is 2. The highest BCUT2D eigenvalue weighted by atomic mass is 16.5. The van der Waals surface area contributed by atoms with E-state index in [1.54, 1.807) is 11.7 Å². The lowest BCUT2D eigenvalue weighted by Crippen LogP contribution is -2.22. The van der Waals surface area contributed by atoms with Crippen LogP contribution in [-0.2, 0) is 17.7 Å². The number of aromatic amines is 1. The fraction of sp³-hybridized carbons (Fsp3) is 0.333. The van der Waals surface area contributed by atoms with E-state index < -0.39 is 0 Å². The largest absolute Gasteiger partial charge is 0.383 e. The highest BCUT2D eigenvalue weighted by molar-refractivity contribution is 5.85. The van der Waals surface area contributed by atoms with Gasteiger partial charge in [0.05, 0.1) is 18.7 Å². The van der Waals surface area contributed by atoms with Crippen LogP contribution in [0.1, 0.15) is 11.3 Å². The third-order valence-corrected chi connectivity index (χ3v) is 4.07. The number of fused-ring (bicyclic) bond motifs is 1. The molecule has 0 bridgehead atoms. The maximum Gasteiger partial charge on any atom is 0.326 e. The summed E-state index contributed by atoms with van der Waals surface area (Å²) < 4.78 is 6.70. The van der Waals surface area contributed by atoms with Gasteiger partial charge in [0.1, 0.15) is 11.3 Å². The molecule has 132 valence electrons. The van der Waals surface area contributed by atoms with E-state index in [9.17, 15) is 4.79 Å². The lowest BCUT2D eigenvalue weighted by Gasteiger charge is -2.07. The van der Waals surface area contributed by atoms with Crippen LogP contribution in [0.2, 0.25) is 0 Å². The van der Waals surface area contributed by atoms with Gasteiger partial charge in [-0.15, -0.1) is 0 Å². The number of nitrogens with zero attached hydrogens (tertiary/aromatic N) is 2. The molecule has 0 saturated carbocycles. The van der Waals surface area contributed by atoms with Crippen LogP contribution in [0.15, 0.2) is 41.2 Å². The number of rotatable bonds is 8. The Morgan fingerprint density at radius 1 is 1.28 bits per heavy atom. The Balaban J connectivity index is 1.85. The van der Waals surface area contributed by atoms with Gasteiger partial charge in [0.25, 0.3) is 0 Å². The molecule has 2 heterocycles. The number of anilines is 1. The Morgan fingerprint density at radius 2 is 2.08 bits per heavy atom. The molecule has 0 saturated heterocycles. The molecule has 0 aliphatic rings. The predicted molar refractivity (Wildman–Crippen MR) is 98.8 cm³/mol. The van der Waals surface area contributed by atoms with E-state index >= 15 is 0 Å². The van der Waals surface area contributed by atoms with Crippen LogP contribution < -0.4 is 16.7 Å². The molecule has 4 N–H and O–H groups in total. The number of imidazole rings is 1. The van der Waals surface area contributed by atoms with Crippen LogP contribution >= 0.6 is 0 Å². The van der Waals surface area contributed by atoms with Gasteiger partial charge in [-0.2, -0.15) is 0 Å². The Morgan fingerprint density at radius 3 is 2.84 bits per heavy atom. The quantitative estimate of drug-likeness (QED) is 0.534. The Labute approximate surface area is 145 Å². The average molecular weight is 341 g/mol. The number of hydrogen-bond donors (Lipinski definition) is 3. The molecule has 0 unspecified atom stereocenters. The summed E-state index contributed by atoms with van der Waals surface area (Å²) in [5.74, 6) is 0.355. The SMILES string of the molecule is COCCNCCc1cc2c([nH]c(=O)n2Cc2ccccc2)c(N)n1. The molecule has 0 spiro atoms. The molecule has 0 aliphatic carbocycles. The Bertz CT molecular complexity index is 886. The van der Waals surface area contributed by atoms with Crippen molar-refractivity contribution in [3.8, 4) is 0 Å². The minimum atomic E-state index is -0.178. The minimum absolute atomic E-state index is 0.178. The summed E-state index contributed by atoms with van der Waals surface area (Å²) in [6.45, 7) is 2.73. The van der Waals surface area contributed by atoms with Gasteiger partial charge in [-0.05, 0) is 11.6 Å². The van der Waals surface area contributed by atoms with E-state index in [1.807, 2.05) is 36.4 Å². The molecule has 0 aliphatic heterocycles. The van der Waals surface area contributed by atoms with E-state index in [4.69, 9.17) is 10.5 Å². The second-order valence-corrected chi connectivity index (χ2v) is 5.89. The van der Waals surface area contributed by atoms with Crippen molar-refractivity contribution in [2.45, 2.75) is 13.0 Å². The van der Waals surface area contributed by atoms with Crippen molar-refractivity contribution in [2.75, 3.05) is 32.5 Å². The third kappa shape index (κ3) is 4.07. The first-order valence-corrected chi connectivity index (χ1v) is 8.30. The number of ether oxygens (including phenoxy) is 1. The number of H-pyrrole nitrogens is 1. The second-order valence-electron chi connectivity index (χ2n) is 5.89. The summed E-state index contributed by atoms with van der Waals surface area (Å²) in [7, 11) is 1.68. The summed E-state index contributed by atoms with van der Waals surface area (Å²) in [5.41, 5.74) is 9.17. The van der Waals surface area contributed by atoms with Gasteiger partial charge in [-0.25, -0.2) is 9.78 Å². The molecule has 0 atom stereocenters. The molecule has 3 aromatic rings. The average Bonchev–Trinajstić information content (AvgIpc) is 2.92. The van der Waals surface area contributed by atoms with Crippen molar-refractivity contribution in [1.82, 2.24) is 19.9 Å². The molecule has 2 aromatic heterocycles. The van der Waals surface area contributed by atoms with Crippen LogP contribution in [0.25, 0.3) is 11.0 Å². The highest BCUT2D eigenvalue weighted by Crippen LogP contribution is 2.18. The zero-order valence-corrected chi connectivity index (χ0v) is 14.3. The van der Waals surface area contributed by atoms with Crippen molar-refractivity contribution < 1.29 is 4.74 Å². The zero-order chi connectivity index (χ0) is 17.6. The number of nitrogen functional groups attached to an aromatic ring is 1. The fourth-order valence-electron chi connectivity index (χ4n) is 2.80. The van der Waals surface area contributed by atoms with Gasteiger partial charge < -0.3 is 20.8 Å². The first-order chi connectivity index (χ1) is 12.2. The topological polar surface area (TPSA) is 98.0 Å². The summed E-state index contributed by atoms with van der Waals surface area (Å²) in [6, 6.07) is 11.8. The van der Waals surface area contributed by atoms with Gasteiger partial charge in [0.2, 0.25) is 0 Å². The molecular formula is C18H23N5O2. The van der Waals surface area contributed by atoms with Crippen molar-refractivity contribution in [2.24, 2.45) is 0 Å². The molecule has 0 amide bonds.